The van der Waals surface area contributed by atoms with Crippen molar-refractivity contribution < 1.29 is 4.74 Å². The standard InChI is InChI=1S/C14H13N5OS3/c1-20-10-4-2-3-9(7-10)15-12-17-18-14(21-12)22-13-16-11(19-23-13)8-5-6-8/h2-4,7-8H,5-6H2,1H3,(H,15,17). The van der Waals surface area contributed by atoms with Gasteiger partial charge in [0.05, 0.1) is 7.11 Å². The van der Waals surface area contributed by atoms with Crippen LogP contribution in [0.5, 0.6) is 5.75 Å². The number of benzene rings is 1. The predicted molar refractivity (Wildman–Crippen MR) is 92.2 cm³/mol. The van der Waals surface area contributed by atoms with Gasteiger partial charge < -0.3 is 10.1 Å². The van der Waals surface area contributed by atoms with Gasteiger partial charge in [0.25, 0.3) is 0 Å². The second-order valence-electron chi connectivity index (χ2n) is 5.02. The highest BCUT2D eigenvalue weighted by atomic mass is 32.2. The van der Waals surface area contributed by atoms with Gasteiger partial charge in [-0.05, 0) is 48.3 Å². The van der Waals surface area contributed by atoms with Crippen molar-refractivity contribution in [2.24, 2.45) is 0 Å². The maximum atomic E-state index is 5.21. The molecule has 6 nitrogen and oxygen atoms in total. The average Bonchev–Trinajstić information content (AvgIpc) is 3.17. The Morgan fingerprint density at radius 1 is 1.26 bits per heavy atom. The van der Waals surface area contributed by atoms with Gasteiger partial charge in [-0.15, -0.1) is 10.2 Å². The third-order valence-electron chi connectivity index (χ3n) is 3.27. The number of anilines is 2. The van der Waals surface area contributed by atoms with Crippen molar-refractivity contribution in [2.45, 2.75) is 27.4 Å². The molecule has 1 saturated carbocycles. The van der Waals surface area contributed by atoms with Gasteiger partial charge in [-0.1, -0.05) is 17.4 Å². The molecular formula is C14H13N5OS3. The molecule has 0 unspecified atom stereocenters. The van der Waals surface area contributed by atoms with E-state index >= 15 is 0 Å². The molecule has 1 N–H and O–H groups in total. The van der Waals surface area contributed by atoms with Crippen LogP contribution in [-0.4, -0.2) is 26.7 Å². The molecule has 9 heteroatoms. The highest BCUT2D eigenvalue weighted by Gasteiger charge is 2.28. The Bertz CT molecular complexity index is 814. The van der Waals surface area contributed by atoms with Crippen LogP contribution in [0.3, 0.4) is 0 Å². The monoisotopic (exact) mass is 363 g/mol. The van der Waals surface area contributed by atoms with E-state index in [4.69, 9.17) is 4.74 Å². The molecule has 118 valence electrons. The lowest BCUT2D eigenvalue weighted by Crippen LogP contribution is -1.90. The molecule has 0 radical (unpaired) electrons. The molecule has 1 fully saturated rings. The summed E-state index contributed by atoms with van der Waals surface area (Å²) >= 11 is 4.45. The largest absolute Gasteiger partial charge is 0.497 e. The lowest BCUT2D eigenvalue weighted by atomic mass is 10.3. The predicted octanol–water partition coefficient (Wildman–Crippen LogP) is 4.17. The molecule has 3 aromatic rings. The normalized spacial score (nSPS) is 14.0. The second kappa shape index (κ2) is 6.42. The third-order valence-corrected chi connectivity index (χ3v) is 5.92. The molecule has 0 bridgehead atoms. The molecule has 2 aromatic heterocycles. The number of nitrogens with one attached hydrogen (secondary N) is 1. The summed E-state index contributed by atoms with van der Waals surface area (Å²) in [5.41, 5.74) is 0.920. The van der Waals surface area contributed by atoms with Crippen molar-refractivity contribution in [3.63, 3.8) is 0 Å². The van der Waals surface area contributed by atoms with Gasteiger partial charge in [0.2, 0.25) is 5.13 Å². The van der Waals surface area contributed by atoms with Crippen LogP contribution in [0.4, 0.5) is 10.8 Å². The van der Waals surface area contributed by atoms with E-state index in [1.165, 1.54) is 47.5 Å². The maximum Gasteiger partial charge on any atom is 0.210 e. The molecule has 0 spiro atoms. The van der Waals surface area contributed by atoms with Crippen LogP contribution in [0, 0.1) is 0 Å². The van der Waals surface area contributed by atoms with Crippen molar-refractivity contribution in [1.29, 1.82) is 0 Å². The lowest BCUT2D eigenvalue weighted by Gasteiger charge is -2.04. The minimum atomic E-state index is 0.584. The van der Waals surface area contributed by atoms with Gasteiger partial charge in [-0.2, -0.15) is 4.37 Å². The first-order chi connectivity index (χ1) is 11.3. The Labute approximate surface area is 145 Å². The van der Waals surface area contributed by atoms with E-state index in [9.17, 15) is 0 Å². The Hall–Kier alpha value is -1.71. The number of ether oxygens (including phenoxy) is 1. The van der Waals surface area contributed by atoms with Crippen LogP contribution in [-0.2, 0) is 0 Å². The zero-order valence-electron chi connectivity index (χ0n) is 12.2. The summed E-state index contributed by atoms with van der Waals surface area (Å²) in [6.07, 6.45) is 2.43. The van der Waals surface area contributed by atoms with Gasteiger partial charge in [0.15, 0.2) is 8.68 Å². The fraction of sp³-hybridized carbons (Fsp3) is 0.286. The first-order valence-electron chi connectivity index (χ1n) is 7.06. The van der Waals surface area contributed by atoms with E-state index in [1.54, 1.807) is 7.11 Å². The summed E-state index contributed by atoms with van der Waals surface area (Å²) in [5.74, 6) is 2.37. The number of methoxy groups -OCH3 is 1. The van der Waals surface area contributed by atoms with Crippen molar-refractivity contribution in [3.8, 4) is 5.75 Å². The topological polar surface area (TPSA) is 72.8 Å². The van der Waals surface area contributed by atoms with Crippen molar-refractivity contribution in [1.82, 2.24) is 19.6 Å². The molecule has 1 aliphatic carbocycles. The molecule has 1 aliphatic rings. The summed E-state index contributed by atoms with van der Waals surface area (Å²) in [5, 5.41) is 12.3. The summed E-state index contributed by atoms with van der Waals surface area (Å²) < 4.78 is 11.4. The fourth-order valence-corrected chi connectivity index (χ4v) is 4.63. The highest BCUT2D eigenvalue weighted by Crippen LogP contribution is 2.41. The van der Waals surface area contributed by atoms with Crippen LogP contribution in [0.2, 0.25) is 0 Å². The highest BCUT2D eigenvalue weighted by molar-refractivity contribution is 8.02. The minimum Gasteiger partial charge on any atom is -0.497 e. The Morgan fingerprint density at radius 2 is 2.17 bits per heavy atom. The molecule has 0 atom stereocenters. The van der Waals surface area contributed by atoms with Gasteiger partial charge in [0.1, 0.15) is 11.6 Å². The summed E-state index contributed by atoms with van der Waals surface area (Å²) in [6.45, 7) is 0. The van der Waals surface area contributed by atoms with E-state index in [2.05, 4.69) is 24.9 Å². The van der Waals surface area contributed by atoms with Crippen molar-refractivity contribution in [2.75, 3.05) is 12.4 Å². The minimum absolute atomic E-state index is 0.584. The molecule has 4 rings (SSSR count). The Morgan fingerprint density at radius 3 is 3.00 bits per heavy atom. The molecule has 0 aliphatic heterocycles. The molecule has 23 heavy (non-hydrogen) atoms. The number of nitrogens with zero attached hydrogens (tertiary/aromatic N) is 4. The van der Waals surface area contributed by atoms with Crippen LogP contribution in [0.25, 0.3) is 0 Å². The van der Waals surface area contributed by atoms with E-state index in [0.29, 0.717) is 5.92 Å². The SMILES string of the molecule is COc1cccc(Nc2nnc(Sc3nc(C4CC4)ns3)s2)c1. The fourth-order valence-electron chi connectivity index (χ4n) is 1.97. The van der Waals surface area contributed by atoms with Gasteiger partial charge in [-0.25, -0.2) is 4.98 Å². The molecular weight excluding hydrogens is 350 g/mol. The number of hydrogen-bond donors (Lipinski definition) is 1. The molecule has 0 saturated heterocycles. The van der Waals surface area contributed by atoms with Crippen LogP contribution in [0.1, 0.15) is 24.6 Å². The van der Waals surface area contributed by atoms with Crippen LogP contribution >= 0.6 is 34.6 Å². The number of hydrogen-bond acceptors (Lipinski definition) is 9. The van der Waals surface area contributed by atoms with Crippen molar-refractivity contribution in [3.05, 3.63) is 30.1 Å². The average molecular weight is 363 g/mol. The van der Waals surface area contributed by atoms with Crippen LogP contribution < -0.4 is 10.1 Å². The summed E-state index contributed by atoms with van der Waals surface area (Å²) in [7, 11) is 1.65. The second-order valence-corrected chi connectivity index (χ2v) is 8.25. The number of rotatable bonds is 6. The summed E-state index contributed by atoms with van der Waals surface area (Å²) in [4.78, 5) is 4.56. The summed E-state index contributed by atoms with van der Waals surface area (Å²) in [6, 6.07) is 7.71. The first kappa shape index (κ1) is 14.9. The smallest absolute Gasteiger partial charge is 0.210 e. The van der Waals surface area contributed by atoms with Gasteiger partial charge in [0, 0.05) is 17.7 Å². The molecule has 1 aromatic carbocycles. The van der Waals surface area contributed by atoms with E-state index in [0.717, 1.165) is 31.1 Å². The van der Waals surface area contributed by atoms with E-state index in [1.807, 2.05) is 24.3 Å². The zero-order valence-corrected chi connectivity index (χ0v) is 14.7. The maximum absolute atomic E-state index is 5.21. The number of aromatic nitrogens is 4. The van der Waals surface area contributed by atoms with Gasteiger partial charge >= 0.3 is 0 Å². The van der Waals surface area contributed by atoms with Gasteiger partial charge in [-0.3, -0.25) is 0 Å². The van der Waals surface area contributed by atoms with Crippen LogP contribution in [0.15, 0.2) is 32.9 Å². The van der Waals surface area contributed by atoms with Crippen molar-refractivity contribution >= 4 is 45.5 Å². The van der Waals surface area contributed by atoms with E-state index < -0.39 is 0 Å². The first-order valence-corrected chi connectivity index (χ1v) is 9.47. The van der Waals surface area contributed by atoms with E-state index in [-0.39, 0.29) is 0 Å². The quantitative estimate of drug-likeness (QED) is 0.704. The Kier molecular flexibility index (Phi) is 4.15. The molecule has 2 heterocycles. The zero-order chi connectivity index (χ0) is 15.6. The molecule has 0 amide bonds. The third kappa shape index (κ3) is 3.62. The Balaban J connectivity index is 1.43. The lowest BCUT2D eigenvalue weighted by molar-refractivity contribution is 0.415.